The van der Waals surface area contributed by atoms with Crippen LogP contribution in [0.3, 0.4) is 0 Å². The van der Waals surface area contributed by atoms with Crippen LogP contribution in [0, 0.1) is 24.2 Å². The first-order valence-corrected chi connectivity index (χ1v) is 11.8. The molecule has 4 heterocycles. The summed E-state index contributed by atoms with van der Waals surface area (Å²) < 4.78 is 3.43. The fourth-order valence-electron chi connectivity index (χ4n) is 5.74. The van der Waals surface area contributed by atoms with Crippen LogP contribution in [0.1, 0.15) is 67.9 Å². The van der Waals surface area contributed by atoms with Crippen LogP contribution < -0.4 is 11.0 Å². The number of aromatic nitrogens is 3. The molecule has 5 rings (SSSR count). The lowest BCUT2D eigenvalue weighted by molar-refractivity contribution is 0.0620. The van der Waals surface area contributed by atoms with E-state index in [2.05, 4.69) is 13.8 Å². The third-order valence-electron chi connectivity index (χ3n) is 7.15. The molecule has 2 aliphatic rings. The lowest BCUT2D eigenvalue weighted by Gasteiger charge is -2.35. The third kappa shape index (κ3) is 3.34. The Morgan fingerprint density at radius 1 is 1.12 bits per heavy atom. The molecule has 0 radical (unpaired) electrons. The summed E-state index contributed by atoms with van der Waals surface area (Å²) in [6.45, 7) is 7.66. The van der Waals surface area contributed by atoms with Crippen molar-refractivity contribution in [2.45, 2.75) is 58.9 Å². The predicted octanol–water partition coefficient (Wildman–Crippen LogP) is 3.67. The van der Waals surface area contributed by atoms with Gasteiger partial charge in [0.15, 0.2) is 0 Å². The molecule has 3 aromatic heterocycles. The number of likely N-dealkylation sites (tertiary alicyclic amines) is 1. The van der Waals surface area contributed by atoms with E-state index in [0.29, 0.717) is 47.2 Å². The van der Waals surface area contributed by atoms with Crippen molar-refractivity contribution in [1.29, 1.82) is 5.41 Å². The fraction of sp³-hybridized carbons (Fsp3) is 0.520. The van der Waals surface area contributed by atoms with Crippen molar-refractivity contribution in [3.05, 3.63) is 51.4 Å². The maximum Gasteiger partial charge on any atom is 0.267 e. The van der Waals surface area contributed by atoms with Crippen LogP contribution in [-0.2, 0) is 0 Å². The second kappa shape index (κ2) is 7.87. The van der Waals surface area contributed by atoms with E-state index >= 15 is 0 Å². The number of pyridine rings is 2. The Hall–Kier alpha value is -2.96. The van der Waals surface area contributed by atoms with Gasteiger partial charge in [0.25, 0.3) is 11.5 Å². The van der Waals surface area contributed by atoms with E-state index in [1.165, 1.54) is 0 Å². The average Bonchev–Trinajstić information content (AvgIpc) is 3.27. The van der Waals surface area contributed by atoms with Gasteiger partial charge in [0.05, 0.1) is 10.9 Å². The molecule has 7 nitrogen and oxygen atoms in total. The van der Waals surface area contributed by atoms with Gasteiger partial charge in [-0.1, -0.05) is 32.8 Å². The molecule has 32 heavy (non-hydrogen) atoms. The Balaban J connectivity index is 1.78. The molecule has 168 valence electrons. The zero-order valence-corrected chi connectivity index (χ0v) is 19.1. The third-order valence-corrected chi connectivity index (χ3v) is 7.15. The first-order valence-electron chi connectivity index (χ1n) is 11.8. The highest BCUT2D eigenvalue weighted by Crippen LogP contribution is 2.31. The van der Waals surface area contributed by atoms with Gasteiger partial charge in [-0.3, -0.25) is 19.4 Å². The van der Waals surface area contributed by atoms with Crippen LogP contribution >= 0.6 is 0 Å². The molecule has 1 aliphatic carbocycles. The number of carbonyl (C=O) groups is 1. The van der Waals surface area contributed by atoms with Crippen LogP contribution in [0.15, 0.2) is 29.2 Å². The zero-order valence-electron chi connectivity index (χ0n) is 19.1. The van der Waals surface area contributed by atoms with Crippen LogP contribution in [0.2, 0.25) is 0 Å². The van der Waals surface area contributed by atoms with Crippen molar-refractivity contribution in [1.82, 2.24) is 18.9 Å². The van der Waals surface area contributed by atoms with Gasteiger partial charge in [-0.2, -0.15) is 0 Å². The quantitative estimate of drug-likeness (QED) is 0.626. The minimum absolute atomic E-state index is 0.0929. The predicted molar refractivity (Wildman–Crippen MR) is 124 cm³/mol. The average molecular weight is 434 g/mol. The number of hydrogen-bond acceptors (Lipinski definition) is 4. The normalized spacial score (nSPS) is 22.2. The molecule has 2 fully saturated rings. The van der Waals surface area contributed by atoms with Crippen molar-refractivity contribution in [3.8, 4) is 0 Å². The fourth-order valence-corrected chi connectivity index (χ4v) is 5.74. The van der Waals surface area contributed by atoms with E-state index in [1.54, 1.807) is 16.7 Å². The number of carbonyl (C=O) groups excluding carboxylic acids is 1. The molecular weight excluding hydrogens is 402 g/mol. The summed E-state index contributed by atoms with van der Waals surface area (Å²) in [5.74, 6) is 0.716. The SMILES string of the molecule is Cc1cccn2c(=O)c3cc(C(=O)N4CC(C)CC(C)C4)c(=N)n(C4CCCC4)c3nc12. The molecule has 2 unspecified atom stereocenters. The molecule has 0 aromatic carbocycles. The van der Waals surface area contributed by atoms with Crippen LogP contribution in [0.5, 0.6) is 0 Å². The highest BCUT2D eigenvalue weighted by atomic mass is 16.2. The number of hydrogen-bond donors (Lipinski definition) is 1. The number of amides is 1. The van der Waals surface area contributed by atoms with E-state index in [9.17, 15) is 9.59 Å². The second-order valence-electron chi connectivity index (χ2n) is 9.91. The molecule has 1 saturated heterocycles. The Morgan fingerprint density at radius 3 is 2.50 bits per heavy atom. The van der Waals surface area contributed by atoms with Gasteiger partial charge >= 0.3 is 0 Å². The summed E-state index contributed by atoms with van der Waals surface area (Å²) in [5, 5.41) is 9.46. The maximum atomic E-state index is 13.6. The van der Waals surface area contributed by atoms with Crippen molar-refractivity contribution < 1.29 is 4.79 Å². The summed E-state index contributed by atoms with van der Waals surface area (Å²) in [7, 11) is 0. The molecule has 3 aromatic rings. The largest absolute Gasteiger partial charge is 0.338 e. The van der Waals surface area contributed by atoms with E-state index in [4.69, 9.17) is 10.4 Å². The summed E-state index contributed by atoms with van der Waals surface area (Å²) >= 11 is 0. The number of fused-ring (bicyclic) bond motifs is 2. The Morgan fingerprint density at radius 2 is 1.81 bits per heavy atom. The second-order valence-corrected chi connectivity index (χ2v) is 9.91. The molecule has 2 atom stereocenters. The summed E-state index contributed by atoms with van der Waals surface area (Å²) in [6, 6.07) is 5.49. The summed E-state index contributed by atoms with van der Waals surface area (Å²) in [6.07, 6.45) is 6.88. The van der Waals surface area contributed by atoms with Crippen molar-refractivity contribution >= 4 is 22.6 Å². The molecule has 7 heteroatoms. The minimum Gasteiger partial charge on any atom is -0.338 e. The molecule has 0 spiro atoms. The summed E-state index contributed by atoms with van der Waals surface area (Å²) in [4.78, 5) is 33.8. The van der Waals surface area contributed by atoms with Crippen molar-refractivity contribution in [2.75, 3.05) is 13.1 Å². The lowest BCUT2D eigenvalue weighted by Crippen LogP contribution is -2.45. The minimum atomic E-state index is -0.185. The van der Waals surface area contributed by atoms with E-state index < -0.39 is 0 Å². The number of nitrogens with one attached hydrogen (secondary N) is 1. The number of rotatable bonds is 2. The van der Waals surface area contributed by atoms with Gasteiger partial charge in [-0.05, 0) is 55.7 Å². The highest BCUT2D eigenvalue weighted by molar-refractivity contribution is 5.97. The Labute approximate surface area is 187 Å². The first kappa shape index (κ1) is 20.9. The van der Waals surface area contributed by atoms with Crippen LogP contribution in [-0.4, -0.2) is 37.8 Å². The van der Waals surface area contributed by atoms with Gasteiger partial charge in [0, 0.05) is 25.3 Å². The van der Waals surface area contributed by atoms with Crippen LogP contribution in [0.4, 0.5) is 0 Å². The molecule has 1 aliphatic heterocycles. The van der Waals surface area contributed by atoms with Gasteiger partial charge in [0.1, 0.15) is 16.8 Å². The van der Waals surface area contributed by atoms with Crippen molar-refractivity contribution in [3.63, 3.8) is 0 Å². The number of aryl methyl sites for hydroxylation is 1. The van der Waals surface area contributed by atoms with E-state index in [0.717, 1.165) is 37.7 Å². The molecule has 1 amide bonds. The molecule has 0 bridgehead atoms. The maximum absolute atomic E-state index is 13.6. The summed E-state index contributed by atoms with van der Waals surface area (Å²) in [5.41, 5.74) is 2.36. The monoisotopic (exact) mass is 433 g/mol. The number of piperidine rings is 1. The topological polar surface area (TPSA) is 83.5 Å². The Kier molecular flexibility index (Phi) is 5.14. The lowest BCUT2D eigenvalue weighted by atomic mass is 9.91. The zero-order chi connectivity index (χ0) is 22.6. The number of nitrogens with zero attached hydrogens (tertiary/aromatic N) is 4. The smallest absolute Gasteiger partial charge is 0.267 e. The Bertz CT molecular complexity index is 1320. The van der Waals surface area contributed by atoms with Crippen molar-refractivity contribution in [2.24, 2.45) is 11.8 Å². The van der Waals surface area contributed by atoms with Gasteiger partial charge in [0.2, 0.25) is 0 Å². The first-order chi connectivity index (χ1) is 15.3. The molecular formula is C25H31N5O2. The van der Waals surface area contributed by atoms with Gasteiger partial charge in [-0.25, -0.2) is 4.98 Å². The van der Waals surface area contributed by atoms with E-state index in [1.807, 2.05) is 28.5 Å². The standard InChI is InChI=1S/C25H31N5O2/c1-15-11-16(2)14-28(13-15)24(31)19-12-20-23(30(21(19)26)18-8-4-5-9-18)27-22-17(3)7-6-10-29(22)25(20)32/h6-7,10,12,15-16,18,26H,4-5,8-9,11,13-14H2,1-3H3. The highest BCUT2D eigenvalue weighted by Gasteiger charge is 2.30. The van der Waals surface area contributed by atoms with Gasteiger partial charge < -0.3 is 9.47 Å². The molecule has 1 saturated carbocycles. The van der Waals surface area contributed by atoms with Crippen LogP contribution in [0.25, 0.3) is 16.7 Å². The molecule has 1 N–H and O–H groups in total. The van der Waals surface area contributed by atoms with Gasteiger partial charge in [-0.15, -0.1) is 0 Å². The van der Waals surface area contributed by atoms with E-state index in [-0.39, 0.29) is 23.0 Å².